The van der Waals surface area contributed by atoms with Crippen molar-refractivity contribution in [1.82, 2.24) is 15.2 Å². The lowest BCUT2D eigenvalue weighted by Crippen LogP contribution is -2.43. The van der Waals surface area contributed by atoms with Crippen molar-refractivity contribution >= 4 is 17.6 Å². The standard InChI is InChI=1S/C22H28N4O2/c1-17-7-8-20(24-15-17)25-22(28)19-10-13-26(14-11-19)16-21(27)23-12-9-18-5-3-2-4-6-18/h2-8,15,19H,9-14,16H2,1H3,(H,23,27)(H,24,25,28). The average molecular weight is 380 g/mol. The highest BCUT2D eigenvalue weighted by atomic mass is 16.2. The predicted octanol–water partition coefficient (Wildman–Crippen LogP) is 2.40. The molecule has 1 aliphatic heterocycles. The summed E-state index contributed by atoms with van der Waals surface area (Å²) in [5, 5.41) is 5.87. The summed E-state index contributed by atoms with van der Waals surface area (Å²) in [4.78, 5) is 30.9. The van der Waals surface area contributed by atoms with Crippen molar-refractivity contribution in [3.05, 3.63) is 59.8 Å². The molecule has 2 amide bonds. The van der Waals surface area contributed by atoms with Gasteiger partial charge >= 0.3 is 0 Å². The lowest BCUT2D eigenvalue weighted by Gasteiger charge is -2.30. The van der Waals surface area contributed by atoms with Gasteiger partial charge in [-0.3, -0.25) is 14.5 Å². The number of hydrogen-bond donors (Lipinski definition) is 2. The molecule has 1 fully saturated rings. The lowest BCUT2D eigenvalue weighted by atomic mass is 9.96. The molecule has 0 radical (unpaired) electrons. The largest absolute Gasteiger partial charge is 0.355 e. The van der Waals surface area contributed by atoms with Crippen molar-refractivity contribution in [2.24, 2.45) is 5.92 Å². The van der Waals surface area contributed by atoms with E-state index in [1.165, 1.54) is 5.56 Å². The van der Waals surface area contributed by atoms with Gasteiger partial charge in [0, 0.05) is 18.7 Å². The zero-order valence-electron chi connectivity index (χ0n) is 16.4. The number of aromatic nitrogens is 1. The van der Waals surface area contributed by atoms with E-state index in [-0.39, 0.29) is 17.7 Å². The number of amides is 2. The summed E-state index contributed by atoms with van der Waals surface area (Å²) in [7, 11) is 0. The predicted molar refractivity (Wildman–Crippen MR) is 110 cm³/mol. The highest BCUT2D eigenvalue weighted by Crippen LogP contribution is 2.19. The third kappa shape index (κ3) is 6.16. The van der Waals surface area contributed by atoms with Crippen molar-refractivity contribution in [2.45, 2.75) is 26.2 Å². The Labute approximate surface area is 166 Å². The first kappa shape index (κ1) is 20.0. The maximum absolute atomic E-state index is 12.4. The Kier molecular flexibility index (Phi) is 7.14. The van der Waals surface area contributed by atoms with Gasteiger partial charge in [0.05, 0.1) is 6.54 Å². The molecule has 1 saturated heterocycles. The molecule has 0 saturated carbocycles. The monoisotopic (exact) mass is 380 g/mol. The van der Waals surface area contributed by atoms with Gasteiger partial charge in [-0.25, -0.2) is 4.98 Å². The van der Waals surface area contributed by atoms with Crippen LogP contribution in [0.3, 0.4) is 0 Å². The zero-order chi connectivity index (χ0) is 19.8. The van der Waals surface area contributed by atoms with E-state index in [1.54, 1.807) is 6.20 Å². The Morgan fingerprint density at radius 1 is 1.11 bits per heavy atom. The molecule has 6 nitrogen and oxygen atoms in total. The highest BCUT2D eigenvalue weighted by molar-refractivity contribution is 5.91. The van der Waals surface area contributed by atoms with Crippen LogP contribution in [-0.2, 0) is 16.0 Å². The molecule has 2 N–H and O–H groups in total. The number of carbonyl (C=O) groups excluding carboxylic acids is 2. The molecule has 1 aromatic heterocycles. The van der Waals surface area contributed by atoms with Crippen molar-refractivity contribution < 1.29 is 9.59 Å². The third-order valence-electron chi connectivity index (χ3n) is 5.07. The molecular weight excluding hydrogens is 352 g/mol. The van der Waals surface area contributed by atoms with Gasteiger partial charge in [0.15, 0.2) is 0 Å². The SMILES string of the molecule is Cc1ccc(NC(=O)C2CCN(CC(=O)NCCc3ccccc3)CC2)nc1. The first-order valence-electron chi connectivity index (χ1n) is 9.86. The number of rotatable bonds is 7. The number of aryl methyl sites for hydroxylation is 1. The number of carbonyl (C=O) groups is 2. The third-order valence-corrected chi connectivity index (χ3v) is 5.07. The number of pyridine rings is 1. The number of anilines is 1. The quantitative estimate of drug-likeness (QED) is 0.774. The van der Waals surface area contributed by atoms with E-state index in [0.717, 1.165) is 37.9 Å². The Morgan fingerprint density at radius 3 is 2.54 bits per heavy atom. The van der Waals surface area contributed by atoms with E-state index in [4.69, 9.17) is 0 Å². The molecule has 0 bridgehead atoms. The van der Waals surface area contributed by atoms with Gasteiger partial charge in [-0.15, -0.1) is 0 Å². The maximum atomic E-state index is 12.4. The molecule has 0 aliphatic carbocycles. The van der Waals surface area contributed by atoms with Crippen molar-refractivity contribution in [1.29, 1.82) is 0 Å². The number of nitrogens with zero attached hydrogens (tertiary/aromatic N) is 2. The zero-order valence-corrected chi connectivity index (χ0v) is 16.4. The number of likely N-dealkylation sites (tertiary alicyclic amines) is 1. The summed E-state index contributed by atoms with van der Waals surface area (Å²) >= 11 is 0. The van der Waals surface area contributed by atoms with Crippen LogP contribution in [-0.4, -0.2) is 47.9 Å². The number of piperidine rings is 1. The van der Waals surface area contributed by atoms with Crippen molar-refractivity contribution in [3.8, 4) is 0 Å². The minimum Gasteiger partial charge on any atom is -0.355 e. The van der Waals surface area contributed by atoms with Gasteiger partial charge in [0.25, 0.3) is 0 Å². The highest BCUT2D eigenvalue weighted by Gasteiger charge is 2.26. The molecule has 2 aromatic rings. The topological polar surface area (TPSA) is 74.3 Å². The van der Waals surface area contributed by atoms with Crippen LogP contribution in [0.15, 0.2) is 48.7 Å². The Hall–Kier alpha value is -2.73. The molecule has 6 heteroatoms. The van der Waals surface area contributed by atoms with E-state index in [9.17, 15) is 9.59 Å². The second kappa shape index (κ2) is 9.99. The number of hydrogen-bond acceptors (Lipinski definition) is 4. The van der Waals surface area contributed by atoms with Crippen LogP contribution in [0.25, 0.3) is 0 Å². The lowest BCUT2D eigenvalue weighted by molar-refractivity contribution is -0.123. The molecule has 0 spiro atoms. The molecule has 0 atom stereocenters. The Bertz CT molecular complexity index is 769. The van der Waals surface area contributed by atoms with E-state index in [0.29, 0.717) is 18.9 Å². The van der Waals surface area contributed by atoms with Gasteiger partial charge in [0.2, 0.25) is 11.8 Å². The van der Waals surface area contributed by atoms with Crippen LogP contribution in [0.4, 0.5) is 5.82 Å². The summed E-state index contributed by atoms with van der Waals surface area (Å²) in [5.74, 6) is 0.627. The molecular formula is C22H28N4O2. The van der Waals surface area contributed by atoms with Crippen LogP contribution in [0.2, 0.25) is 0 Å². The van der Waals surface area contributed by atoms with E-state index >= 15 is 0 Å². The van der Waals surface area contributed by atoms with Gasteiger partial charge in [0.1, 0.15) is 5.82 Å². The van der Waals surface area contributed by atoms with Crippen LogP contribution in [0.1, 0.15) is 24.0 Å². The summed E-state index contributed by atoms with van der Waals surface area (Å²) in [6.07, 6.45) is 4.10. The summed E-state index contributed by atoms with van der Waals surface area (Å²) in [5.41, 5.74) is 2.28. The molecule has 1 aromatic carbocycles. The summed E-state index contributed by atoms with van der Waals surface area (Å²) < 4.78 is 0. The Balaban J connectivity index is 1.34. The fourth-order valence-corrected chi connectivity index (χ4v) is 3.37. The van der Waals surface area contributed by atoms with Crippen molar-refractivity contribution in [3.63, 3.8) is 0 Å². The second-order valence-electron chi connectivity index (χ2n) is 7.35. The number of benzene rings is 1. The van der Waals surface area contributed by atoms with E-state index in [1.807, 2.05) is 37.3 Å². The summed E-state index contributed by atoms with van der Waals surface area (Å²) in [6.45, 7) is 4.51. The first-order chi connectivity index (χ1) is 13.6. The Morgan fingerprint density at radius 2 is 1.86 bits per heavy atom. The fourth-order valence-electron chi connectivity index (χ4n) is 3.37. The normalized spacial score (nSPS) is 15.2. The second-order valence-corrected chi connectivity index (χ2v) is 7.35. The molecule has 0 unspecified atom stereocenters. The molecule has 148 valence electrons. The smallest absolute Gasteiger partial charge is 0.234 e. The molecule has 2 heterocycles. The minimum absolute atomic E-state index is 0.0170. The van der Waals surface area contributed by atoms with Gasteiger partial charge in [-0.05, 0) is 56.5 Å². The average Bonchev–Trinajstić information content (AvgIpc) is 2.71. The first-order valence-corrected chi connectivity index (χ1v) is 9.86. The van der Waals surface area contributed by atoms with E-state index < -0.39 is 0 Å². The van der Waals surface area contributed by atoms with E-state index in [2.05, 4.69) is 32.7 Å². The molecule has 3 rings (SSSR count). The van der Waals surface area contributed by atoms with Crippen LogP contribution in [0.5, 0.6) is 0 Å². The van der Waals surface area contributed by atoms with Crippen LogP contribution >= 0.6 is 0 Å². The molecule has 28 heavy (non-hydrogen) atoms. The van der Waals surface area contributed by atoms with Gasteiger partial charge < -0.3 is 10.6 Å². The fraction of sp³-hybridized carbons (Fsp3) is 0.409. The number of nitrogens with one attached hydrogen (secondary N) is 2. The van der Waals surface area contributed by atoms with Crippen LogP contribution < -0.4 is 10.6 Å². The van der Waals surface area contributed by atoms with Gasteiger partial charge in [-0.1, -0.05) is 36.4 Å². The minimum atomic E-state index is -0.0273. The van der Waals surface area contributed by atoms with Crippen molar-refractivity contribution in [2.75, 3.05) is 31.5 Å². The summed E-state index contributed by atoms with van der Waals surface area (Å²) in [6, 6.07) is 13.9. The van der Waals surface area contributed by atoms with Crippen LogP contribution in [0, 0.1) is 12.8 Å². The maximum Gasteiger partial charge on any atom is 0.234 e. The molecule has 1 aliphatic rings. The van der Waals surface area contributed by atoms with Gasteiger partial charge in [-0.2, -0.15) is 0 Å².